The number of hydrogen-bond donors (Lipinski definition) is 1. The summed E-state index contributed by atoms with van der Waals surface area (Å²) in [5.41, 5.74) is 0.737. The molecule has 0 fully saturated rings. The van der Waals surface area contributed by atoms with Crippen LogP contribution in [0.15, 0.2) is 42.5 Å². The summed E-state index contributed by atoms with van der Waals surface area (Å²) in [6.07, 6.45) is 2.13. The largest absolute Gasteiger partial charge is 0.497 e. The average molecular weight is 540 g/mol. The van der Waals surface area contributed by atoms with Gasteiger partial charge in [-0.1, -0.05) is 26.0 Å². The van der Waals surface area contributed by atoms with Crippen molar-refractivity contribution in [3.63, 3.8) is 0 Å². The van der Waals surface area contributed by atoms with Gasteiger partial charge in [0.15, 0.2) is 11.6 Å². The summed E-state index contributed by atoms with van der Waals surface area (Å²) in [6.45, 7) is 4.26. The molecule has 2 rings (SSSR count). The van der Waals surface area contributed by atoms with Gasteiger partial charge in [-0.05, 0) is 49.1 Å². The highest BCUT2D eigenvalue weighted by Gasteiger charge is 2.29. The van der Waals surface area contributed by atoms with Crippen molar-refractivity contribution < 1.29 is 31.5 Å². The van der Waals surface area contributed by atoms with Gasteiger partial charge in [0.1, 0.15) is 11.8 Å². The summed E-state index contributed by atoms with van der Waals surface area (Å²) in [6, 6.07) is 9.28. The van der Waals surface area contributed by atoms with Gasteiger partial charge >= 0.3 is 0 Å². The zero-order valence-electron chi connectivity index (χ0n) is 21.7. The number of halogens is 2. The van der Waals surface area contributed by atoms with E-state index < -0.39 is 27.7 Å². The fraction of sp³-hybridized carbons (Fsp3) is 0.462. The van der Waals surface area contributed by atoms with E-state index in [9.17, 15) is 26.8 Å². The first-order valence-electron chi connectivity index (χ1n) is 12.1. The summed E-state index contributed by atoms with van der Waals surface area (Å²) >= 11 is 0. The predicted molar refractivity (Wildman–Crippen MR) is 139 cm³/mol. The van der Waals surface area contributed by atoms with Gasteiger partial charge in [-0.25, -0.2) is 17.2 Å². The number of rotatable bonds is 14. The highest BCUT2D eigenvalue weighted by atomic mass is 32.2. The Labute approximate surface area is 217 Å². The lowest BCUT2D eigenvalue weighted by Gasteiger charge is -2.31. The van der Waals surface area contributed by atoms with Crippen LogP contribution in [0.4, 0.5) is 14.5 Å². The van der Waals surface area contributed by atoms with Crippen molar-refractivity contribution in [2.75, 3.05) is 30.8 Å². The minimum Gasteiger partial charge on any atom is -0.497 e. The smallest absolute Gasteiger partial charge is 0.242 e. The third-order valence-corrected chi connectivity index (χ3v) is 6.96. The van der Waals surface area contributed by atoms with Crippen LogP contribution in [0.2, 0.25) is 0 Å². The maximum atomic E-state index is 13.7. The van der Waals surface area contributed by atoms with Crippen LogP contribution in [0.1, 0.15) is 45.1 Å². The highest BCUT2D eigenvalue weighted by Crippen LogP contribution is 2.22. The summed E-state index contributed by atoms with van der Waals surface area (Å²) in [5.74, 6) is -2.24. The summed E-state index contributed by atoms with van der Waals surface area (Å²) in [7, 11) is -2.29. The monoisotopic (exact) mass is 539 g/mol. The van der Waals surface area contributed by atoms with Crippen molar-refractivity contribution >= 4 is 27.5 Å². The van der Waals surface area contributed by atoms with Crippen LogP contribution < -0.4 is 14.4 Å². The van der Waals surface area contributed by atoms with E-state index in [-0.39, 0.29) is 43.4 Å². The van der Waals surface area contributed by atoms with Crippen molar-refractivity contribution in [2.24, 2.45) is 0 Å². The molecule has 0 aliphatic rings. The van der Waals surface area contributed by atoms with E-state index in [0.29, 0.717) is 18.7 Å². The highest BCUT2D eigenvalue weighted by molar-refractivity contribution is 7.92. The lowest BCUT2D eigenvalue weighted by molar-refractivity contribution is -0.141. The number of benzene rings is 2. The zero-order valence-corrected chi connectivity index (χ0v) is 22.5. The number of methoxy groups -OCH3 is 1. The van der Waals surface area contributed by atoms with Crippen molar-refractivity contribution in [2.45, 2.75) is 52.1 Å². The van der Waals surface area contributed by atoms with E-state index in [4.69, 9.17) is 4.74 Å². The van der Waals surface area contributed by atoms with E-state index in [1.54, 1.807) is 18.2 Å². The first kappa shape index (κ1) is 30.0. The number of hydrogen-bond acceptors (Lipinski definition) is 5. The number of amides is 2. The van der Waals surface area contributed by atoms with E-state index in [1.807, 2.05) is 19.9 Å². The maximum absolute atomic E-state index is 13.7. The molecule has 1 N–H and O–H groups in total. The van der Waals surface area contributed by atoms with Crippen LogP contribution >= 0.6 is 0 Å². The Morgan fingerprint density at radius 2 is 1.81 bits per heavy atom. The third-order valence-electron chi connectivity index (χ3n) is 5.77. The maximum Gasteiger partial charge on any atom is 0.242 e. The topological polar surface area (TPSA) is 96.0 Å². The van der Waals surface area contributed by atoms with E-state index in [1.165, 1.54) is 18.1 Å². The Morgan fingerprint density at radius 3 is 2.41 bits per heavy atom. The molecule has 0 unspecified atom stereocenters. The summed E-state index contributed by atoms with van der Waals surface area (Å²) in [4.78, 5) is 27.7. The number of carbonyl (C=O) groups excluding carboxylic acids is 2. The summed E-state index contributed by atoms with van der Waals surface area (Å²) in [5, 5.41) is 2.84. The van der Waals surface area contributed by atoms with Crippen LogP contribution in [0, 0.1) is 11.6 Å². The molecule has 0 spiro atoms. The molecule has 0 aromatic heterocycles. The quantitative estimate of drug-likeness (QED) is 0.394. The Bertz CT molecular complexity index is 1180. The van der Waals surface area contributed by atoms with E-state index >= 15 is 0 Å². The third kappa shape index (κ3) is 8.70. The molecule has 37 heavy (non-hydrogen) atoms. The first-order chi connectivity index (χ1) is 17.5. The standard InChI is InChI=1S/C26H35F2N3O5S/c1-5-14-29-26(33)24(6-2)30(18-19-9-7-10-21(16-19)36-3)25(32)11-8-15-31(37(4,34)35)20-12-13-22(27)23(28)17-20/h7,9-10,12-13,16-17,24H,5-6,8,11,14-15,18H2,1-4H3,(H,29,33)/t24-/m0/s1. The molecule has 0 saturated carbocycles. The molecule has 8 nitrogen and oxygen atoms in total. The second kappa shape index (κ2) is 13.9. The number of anilines is 1. The van der Waals surface area contributed by atoms with Crippen LogP contribution in [0.3, 0.4) is 0 Å². The fourth-order valence-electron chi connectivity index (χ4n) is 3.90. The molecule has 0 aliphatic carbocycles. The molecule has 1 atom stereocenters. The Balaban J connectivity index is 2.24. The molecular formula is C26H35F2N3O5S. The van der Waals surface area contributed by atoms with Gasteiger partial charge in [0.2, 0.25) is 21.8 Å². The average Bonchev–Trinajstić information content (AvgIpc) is 2.86. The molecular weight excluding hydrogens is 504 g/mol. The van der Waals surface area contributed by atoms with Gasteiger partial charge < -0.3 is 15.0 Å². The van der Waals surface area contributed by atoms with Gasteiger partial charge in [0.25, 0.3) is 0 Å². The minimum absolute atomic E-state index is 0.0348. The zero-order chi connectivity index (χ0) is 27.6. The van der Waals surface area contributed by atoms with Crippen LogP contribution in [0.25, 0.3) is 0 Å². The second-order valence-corrected chi connectivity index (χ2v) is 10.5. The fourth-order valence-corrected chi connectivity index (χ4v) is 4.85. The molecule has 0 bridgehead atoms. The Hall–Kier alpha value is -3.21. The van der Waals surface area contributed by atoms with E-state index in [2.05, 4.69) is 5.32 Å². The van der Waals surface area contributed by atoms with Gasteiger partial charge in [-0.3, -0.25) is 13.9 Å². The van der Waals surface area contributed by atoms with Crippen LogP contribution in [-0.4, -0.2) is 57.6 Å². The first-order valence-corrected chi connectivity index (χ1v) is 14.0. The van der Waals surface area contributed by atoms with Crippen LogP contribution in [-0.2, 0) is 26.2 Å². The molecule has 2 amide bonds. The van der Waals surface area contributed by atoms with Gasteiger partial charge in [0.05, 0.1) is 19.1 Å². The number of sulfonamides is 1. The number of carbonyl (C=O) groups is 2. The number of nitrogens with zero attached hydrogens (tertiary/aromatic N) is 2. The van der Waals surface area contributed by atoms with Crippen molar-refractivity contribution in [1.29, 1.82) is 0 Å². The van der Waals surface area contributed by atoms with Crippen molar-refractivity contribution in [1.82, 2.24) is 10.2 Å². The van der Waals surface area contributed by atoms with Crippen molar-refractivity contribution in [3.8, 4) is 5.75 Å². The molecule has 204 valence electrons. The van der Waals surface area contributed by atoms with Crippen molar-refractivity contribution in [3.05, 3.63) is 59.7 Å². The second-order valence-electron chi connectivity index (χ2n) is 8.63. The molecule has 0 heterocycles. The number of nitrogens with one attached hydrogen (secondary N) is 1. The molecule has 2 aromatic rings. The van der Waals surface area contributed by atoms with E-state index in [0.717, 1.165) is 34.7 Å². The normalized spacial score (nSPS) is 12.1. The molecule has 0 radical (unpaired) electrons. The SMILES string of the molecule is CCCNC(=O)[C@H](CC)N(Cc1cccc(OC)c1)C(=O)CCCN(c1ccc(F)c(F)c1)S(C)(=O)=O. The van der Waals surface area contributed by atoms with Crippen LogP contribution in [0.5, 0.6) is 5.75 Å². The molecule has 0 saturated heterocycles. The minimum atomic E-state index is -3.83. The molecule has 0 aliphatic heterocycles. The lowest BCUT2D eigenvalue weighted by atomic mass is 10.1. The van der Waals surface area contributed by atoms with Gasteiger partial charge in [-0.15, -0.1) is 0 Å². The van der Waals surface area contributed by atoms with Gasteiger partial charge in [0, 0.05) is 32.1 Å². The summed E-state index contributed by atoms with van der Waals surface area (Å²) < 4.78 is 58.0. The predicted octanol–water partition coefficient (Wildman–Crippen LogP) is 3.85. The molecule has 11 heteroatoms. The van der Waals surface area contributed by atoms with Gasteiger partial charge in [-0.2, -0.15) is 0 Å². The lowest BCUT2D eigenvalue weighted by Crippen LogP contribution is -2.49. The Morgan fingerprint density at radius 1 is 1.08 bits per heavy atom. The Kier molecular flexibility index (Phi) is 11.3. The molecule has 2 aromatic carbocycles. The number of ether oxygens (including phenoxy) is 1.